The molecule has 0 bridgehead atoms. The van der Waals surface area contributed by atoms with E-state index in [1.54, 1.807) is 11.6 Å². The van der Waals surface area contributed by atoms with Crippen molar-refractivity contribution in [3.63, 3.8) is 0 Å². The number of amides is 3. The first-order valence-corrected chi connectivity index (χ1v) is 8.68. The molecule has 3 rings (SSSR count). The number of H-pyrrole nitrogens is 1. The summed E-state index contributed by atoms with van der Waals surface area (Å²) < 4.78 is 26.4. The van der Waals surface area contributed by atoms with Gasteiger partial charge in [0.15, 0.2) is 5.13 Å². The zero-order valence-electron chi connectivity index (χ0n) is 14.1. The molecule has 28 heavy (non-hydrogen) atoms. The van der Waals surface area contributed by atoms with Gasteiger partial charge in [0.1, 0.15) is 17.3 Å². The first-order valence-electron chi connectivity index (χ1n) is 7.80. The van der Waals surface area contributed by atoms with Crippen LogP contribution in [0.15, 0.2) is 35.8 Å². The number of hydrogen-bond donors (Lipinski definition) is 4. The number of rotatable bonds is 6. The van der Waals surface area contributed by atoms with Crippen molar-refractivity contribution in [1.29, 1.82) is 0 Å². The second kappa shape index (κ2) is 7.96. The summed E-state index contributed by atoms with van der Waals surface area (Å²) in [4.78, 5) is 41.8. The molecule has 0 fully saturated rings. The molecule has 2 heterocycles. The number of nitrogens with zero attached hydrogens (tertiary/aromatic N) is 1. The van der Waals surface area contributed by atoms with Gasteiger partial charge in [-0.2, -0.15) is 0 Å². The van der Waals surface area contributed by atoms with Crippen molar-refractivity contribution in [3.05, 3.63) is 58.7 Å². The zero-order chi connectivity index (χ0) is 20.3. The van der Waals surface area contributed by atoms with E-state index in [-0.39, 0.29) is 16.4 Å². The van der Waals surface area contributed by atoms with Gasteiger partial charge in [-0.05, 0) is 18.2 Å². The van der Waals surface area contributed by atoms with Crippen molar-refractivity contribution in [1.82, 2.24) is 15.3 Å². The Morgan fingerprint density at radius 1 is 1.21 bits per heavy atom. The van der Waals surface area contributed by atoms with Gasteiger partial charge in [-0.25, -0.2) is 13.8 Å². The highest BCUT2D eigenvalue weighted by Crippen LogP contribution is 2.25. The van der Waals surface area contributed by atoms with E-state index >= 15 is 0 Å². The Balaban J connectivity index is 1.57. The Labute approximate surface area is 160 Å². The largest absolute Gasteiger partial charge is 0.364 e. The molecule has 0 unspecified atom stereocenters. The number of aromatic nitrogens is 2. The fourth-order valence-corrected chi connectivity index (χ4v) is 2.98. The molecule has 3 aromatic rings. The second-order valence-corrected chi connectivity index (χ2v) is 6.42. The van der Waals surface area contributed by atoms with E-state index in [2.05, 4.69) is 20.6 Å². The average Bonchev–Trinajstić information content (AvgIpc) is 3.29. The molecule has 5 N–H and O–H groups in total. The lowest BCUT2D eigenvalue weighted by Crippen LogP contribution is -2.33. The number of halogens is 2. The van der Waals surface area contributed by atoms with Gasteiger partial charge >= 0.3 is 0 Å². The Bertz CT molecular complexity index is 1060. The summed E-state index contributed by atoms with van der Waals surface area (Å²) in [5.74, 6) is -3.87. The number of thiazole rings is 1. The van der Waals surface area contributed by atoms with Gasteiger partial charge in [0.05, 0.1) is 17.8 Å². The normalized spacial score (nSPS) is 10.5. The standard InChI is InChI=1S/C17H13F2N5O3S/c18-9-1-2-10(11(19)4-9)16(27)22-6-14(25)24-17-23-13(7-28-17)8-3-12(15(20)26)21-5-8/h1-5,7,21H,6H2,(H2,20,26)(H,22,27)(H,23,24,25). The maximum absolute atomic E-state index is 13.5. The summed E-state index contributed by atoms with van der Waals surface area (Å²) in [7, 11) is 0. The number of hydrogen-bond acceptors (Lipinski definition) is 5. The highest BCUT2D eigenvalue weighted by Gasteiger charge is 2.15. The summed E-state index contributed by atoms with van der Waals surface area (Å²) >= 11 is 1.14. The SMILES string of the molecule is NC(=O)c1cc(-c2csc(NC(=O)CNC(=O)c3ccc(F)cc3F)n2)c[nH]1. The molecule has 2 aromatic heterocycles. The molecule has 0 atom stereocenters. The number of aromatic amines is 1. The van der Waals surface area contributed by atoms with Crippen molar-refractivity contribution in [3.8, 4) is 11.3 Å². The van der Waals surface area contributed by atoms with Gasteiger partial charge in [-0.3, -0.25) is 14.4 Å². The lowest BCUT2D eigenvalue weighted by atomic mass is 10.2. The number of primary amides is 1. The number of carbonyl (C=O) groups is 3. The molecule has 0 radical (unpaired) electrons. The molecule has 0 aliphatic heterocycles. The number of nitrogens with two attached hydrogens (primary N) is 1. The predicted molar refractivity (Wildman–Crippen MR) is 97.7 cm³/mol. The first kappa shape index (κ1) is 19.2. The van der Waals surface area contributed by atoms with E-state index in [1.807, 2.05) is 0 Å². The molecule has 0 saturated heterocycles. The lowest BCUT2D eigenvalue weighted by molar-refractivity contribution is -0.115. The van der Waals surface area contributed by atoms with Gasteiger partial charge in [0.25, 0.3) is 11.8 Å². The summed E-state index contributed by atoms with van der Waals surface area (Å²) in [5.41, 5.74) is 6.16. The molecular weight excluding hydrogens is 392 g/mol. The van der Waals surface area contributed by atoms with Crippen molar-refractivity contribution >= 4 is 34.2 Å². The maximum Gasteiger partial charge on any atom is 0.265 e. The van der Waals surface area contributed by atoms with E-state index in [0.717, 1.165) is 23.5 Å². The third kappa shape index (κ3) is 4.38. The van der Waals surface area contributed by atoms with Crippen molar-refractivity contribution < 1.29 is 23.2 Å². The Kier molecular flexibility index (Phi) is 5.45. The third-order valence-electron chi connectivity index (χ3n) is 3.58. The molecule has 0 aliphatic carbocycles. The van der Waals surface area contributed by atoms with Crippen molar-refractivity contribution in [2.45, 2.75) is 0 Å². The van der Waals surface area contributed by atoms with Crippen LogP contribution < -0.4 is 16.4 Å². The van der Waals surface area contributed by atoms with E-state index in [9.17, 15) is 23.2 Å². The maximum atomic E-state index is 13.5. The summed E-state index contributed by atoms with van der Waals surface area (Å²) in [6.45, 7) is -0.430. The minimum Gasteiger partial charge on any atom is -0.364 e. The van der Waals surface area contributed by atoms with Crippen LogP contribution in [0, 0.1) is 11.6 Å². The number of benzene rings is 1. The van der Waals surface area contributed by atoms with E-state index < -0.39 is 35.9 Å². The molecule has 0 spiro atoms. The zero-order valence-corrected chi connectivity index (χ0v) is 14.9. The van der Waals surface area contributed by atoms with Crippen LogP contribution in [0.5, 0.6) is 0 Å². The summed E-state index contributed by atoms with van der Waals surface area (Å²) in [6, 6.07) is 4.04. The molecule has 11 heteroatoms. The molecule has 3 amide bonds. The Morgan fingerprint density at radius 3 is 2.68 bits per heavy atom. The van der Waals surface area contributed by atoms with Crippen LogP contribution in [-0.2, 0) is 4.79 Å². The third-order valence-corrected chi connectivity index (χ3v) is 4.34. The molecular formula is C17H13F2N5O3S. The molecule has 0 aliphatic rings. The topological polar surface area (TPSA) is 130 Å². The van der Waals surface area contributed by atoms with Gasteiger partial charge in [-0.1, -0.05) is 0 Å². The second-order valence-electron chi connectivity index (χ2n) is 5.56. The van der Waals surface area contributed by atoms with E-state index in [1.165, 1.54) is 6.07 Å². The number of nitrogens with one attached hydrogen (secondary N) is 3. The van der Waals surface area contributed by atoms with Crippen LogP contribution in [0.4, 0.5) is 13.9 Å². The van der Waals surface area contributed by atoms with Crippen LogP contribution in [-0.4, -0.2) is 34.2 Å². The fourth-order valence-electron chi connectivity index (χ4n) is 2.24. The van der Waals surface area contributed by atoms with Gasteiger partial charge in [-0.15, -0.1) is 11.3 Å². The van der Waals surface area contributed by atoms with Crippen LogP contribution >= 0.6 is 11.3 Å². The lowest BCUT2D eigenvalue weighted by Gasteiger charge is -2.06. The highest BCUT2D eigenvalue weighted by molar-refractivity contribution is 7.14. The van der Waals surface area contributed by atoms with Crippen LogP contribution in [0.25, 0.3) is 11.3 Å². The Morgan fingerprint density at radius 2 is 2.00 bits per heavy atom. The highest BCUT2D eigenvalue weighted by atomic mass is 32.1. The van der Waals surface area contributed by atoms with Crippen molar-refractivity contribution in [2.75, 3.05) is 11.9 Å². The van der Waals surface area contributed by atoms with Gasteiger partial charge in [0, 0.05) is 23.2 Å². The smallest absolute Gasteiger partial charge is 0.265 e. The fraction of sp³-hybridized carbons (Fsp3) is 0.0588. The minimum absolute atomic E-state index is 0.226. The number of anilines is 1. The van der Waals surface area contributed by atoms with Gasteiger partial charge in [0.2, 0.25) is 5.91 Å². The van der Waals surface area contributed by atoms with Crippen molar-refractivity contribution in [2.24, 2.45) is 5.73 Å². The van der Waals surface area contributed by atoms with E-state index in [0.29, 0.717) is 17.3 Å². The van der Waals surface area contributed by atoms with E-state index in [4.69, 9.17) is 5.73 Å². The molecule has 144 valence electrons. The number of carbonyl (C=O) groups excluding carboxylic acids is 3. The first-order chi connectivity index (χ1) is 13.3. The summed E-state index contributed by atoms with van der Waals surface area (Å²) in [6.07, 6.45) is 1.55. The average molecular weight is 405 g/mol. The molecule has 0 saturated carbocycles. The summed E-state index contributed by atoms with van der Waals surface area (Å²) in [5, 5.41) is 6.66. The van der Waals surface area contributed by atoms with Crippen LogP contribution in [0.1, 0.15) is 20.8 Å². The monoisotopic (exact) mass is 405 g/mol. The molecule has 1 aromatic carbocycles. The predicted octanol–water partition coefficient (Wildman–Crippen LogP) is 1.88. The molecule has 8 nitrogen and oxygen atoms in total. The van der Waals surface area contributed by atoms with Crippen LogP contribution in [0.2, 0.25) is 0 Å². The quantitative estimate of drug-likeness (QED) is 0.499. The van der Waals surface area contributed by atoms with Crippen LogP contribution in [0.3, 0.4) is 0 Å². The Hall–Kier alpha value is -3.60. The van der Waals surface area contributed by atoms with Gasteiger partial charge < -0.3 is 21.4 Å². The minimum atomic E-state index is -1.02.